The Morgan fingerprint density at radius 3 is 2.68 bits per heavy atom. The van der Waals surface area contributed by atoms with E-state index in [1.807, 2.05) is 0 Å². The van der Waals surface area contributed by atoms with Crippen LogP contribution in [-0.2, 0) is 19.5 Å². The molecule has 6 nitrogen and oxygen atoms in total. The van der Waals surface area contributed by atoms with Crippen LogP contribution in [0.5, 0.6) is 0 Å². The Bertz CT molecular complexity index is 533. The number of hydrogen-bond donors (Lipinski definition) is 1. The molecule has 3 rings (SSSR count). The summed E-state index contributed by atoms with van der Waals surface area (Å²) < 4.78 is 2.22. The lowest BCUT2D eigenvalue weighted by atomic mass is 10.1. The highest BCUT2D eigenvalue weighted by molar-refractivity contribution is 5.92. The monoisotopic (exact) mass is 305 g/mol. The van der Waals surface area contributed by atoms with E-state index in [0.29, 0.717) is 5.69 Å². The van der Waals surface area contributed by atoms with Gasteiger partial charge in [-0.2, -0.15) is 0 Å². The first kappa shape index (κ1) is 15.5. The van der Waals surface area contributed by atoms with Crippen LogP contribution in [0.3, 0.4) is 0 Å². The van der Waals surface area contributed by atoms with E-state index in [4.69, 9.17) is 5.73 Å². The first-order valence-electron chi connectivity index (χ1n) is 8.44. The number of fused-ring (bicyclic) bond motifs is 1. The number of primary amides is 1. The molecule has 0 spiro atoms. The zero-order chi connectivity index (χ0) is 15.5. The quantitative estimate of drug-likeness (QED) is 0.875. The number of hydrogen-bond acceptors (Lipinski definition) is 4. The van der Waals surface area contributed by atoms with Crippen LogP contribution in [0.25, 0.3) is 0 Å². The van der Waals surface area contributed by atoms with Gasteiger partial charge in [-0.05, 0) is 45.9 Å². The molecule has 0 saturated carbocycles. The normalized spacial score (nSPS) is 20.0. The molecular weight excluding hydrogens is 278 g/mol. The van der Waals surface area contributed by atoms with Crippen molar-refractivity contribution < 1.29 is 4.79 Å². The van der Waals surface area contributed by atoms with Crippen molar-refractivity contribution >= 4 is 5.91 Å². The zero-order valence-corrected chi connectivity index (χ0v) is 13.6. The van der Waals surface area contributed by atoms with Crippen molar-refractivity contribution in [2.45, 2.75) is 45.2 Å². The van der Waals surface area contributed by atoms with E-state index >= 15 is 0 Å². The maximum atomic E-state index is 11.6. The van der Waals surface area contributed by atoms with Gasteiger partial charge < -0.3 is 15.2 Å². The molecule has 2 N–H and O–H groups in total. The number of imidazole rings is 1. The fourth-order valence-corrected chi connectivity index (χ4v) is 3.60. The third-order valence-electron chi connectivity index (χ3n) is 4.83. The van der Waals surface area contributed by atoms with Gasteiger partial charge in [0.1, 0.15) is 5.82 Å². The zero-order valence-electron chi connectivity index (χ0n) is 13.6. The number of carbonyl (C=O) groups excluding carboxylic acids is 1. The van der Waals surface area contributed by atoms with Crippen LogP contribution in [0, 0.1) is 0 Å². The van der Waals surface area contributed by atoms with Gasteiger partial charge in [-0.3, -0.25) is 9.69 Å². The van der Waals surface area contributed by atoms with Gasteiger partial charge in [-0.25, -0.2) is 4.98 Å². The summed E-state index contributed by atoms with van der Waals surface area (Å²) >= 11 is 0. The van der Waals surface area contributed by atoms with Gasteiger partial charge in [-0.15, -0.1) is 0 Å². The average molecular weight is 305 g/mol. The number of amides is 1. The molecule has 0 atom stereocenters. The second-order valence-corrected chi connectivity index (χ2v) is 6.58. The van der Waals surface area contributed by atoms with Gasteiger partial charge in [0.15, 0.2) is 5.69 Å². The minimum atomic E-state index is -0.402. The molecule has 2 aliphatic heterocycles. The molecule has 1 amide bonds. The van der Waals surface area contributed by atoms with E-state index in [0.717, 1.165) is 50.5 Å². The molecule has 1 aromatic rings. The van der Waals surface area contributed by atoms with Gasteiger partial charge in [0.05, 0.1) is 5.69 Å². The van der Waals surface area contributed by atoms with Gasteiger partial charge in [0.25, 0.3) is 5.91 Å². The van der Waals surface area contributed by atoms with Gasteiger partial charge in [0, 0.05) is 26.1 Å². The topological polar surface area (TPSA) is 67.4 Å². The summed E-state index contributed by atoms with van der Waals surface area (Å²) in [5.41, 5.74) is 6.97. The number of aryl methyl sites for hydroxylation is 1. The summed E-state index contributed by atoms with van der Waals surface area (Å²) in [4.78, 5) is 20.9. The highest BCUT2D eigenvalue weighted by Gasteiger charge is 2.24. The van der Waals surface area contributed by atoms with Crippen LogP contribution in [0.1, 0.15) is 47.7 Å². The number of nitrogens with two attached hydrogens (primary N) is 1. The number of likely N-dealkylation sites (tertiary alicyclic amines) is 1. The van der Waals surface area contributed by atoms with Gasteiger partial charge in [-0.1, -0.05) is 6.42 Å². The standard InChI is InChI=1S/C16H27N5O/c1-19-10-11-21-13(12-19)15(16(17)22)18-14(21)6-5-9-20-7-3-2-4-8-20/h2-12H2,1H3,(H2,17,22). The molecule has 3 heterocycles. The largest absolute Gasteiger partial charge is 0.364 e. The molecule has 0 unspecified atom stereocenters. The van der Waals surface area contributed by atoms with Crippen molar-refractivity contribution in [2.75, 3.05) is 33.2 Å². The van der Waals surface area contributed by atoms with Crippen molar-refractivity contribution in [1.29, 1.82) is 0 Å². The molecule has 0 aliphatic carbocycles. The summed E-state index contributed by atoms with van der Waals surface area (Å²) in [6, 6.07) is 0. The smallest absolute Gasteiger partial charge is 0.269 e. The Labute approximate surface area is 132 Å². The molecule has 122 valence electrons. The molecule has 0 radical (unpaired) electrons. The van der Waals surface area contributed by atoms with Crippen LogP contribution >= 0.6 is 0 Å². The van der Waals surface area contributed by atoms with Crippen LogP contribution in [-0.4, -0.2) is 58.5 Å². The molecule has 0 aromatic carbocycles. The maximum Gasteiger partial charge on any atom is 0.269 e. The van der Waals surface area contributed by atoms with Crippen molar-refractivity contribution in [3.63, 3.8) is 0 Å². The number of carbonyl (C=O) groups is 1. The fourth-order valence-electron chi connectivity index (χ4n) is 3.60. The Hall–Kier alpha value is -1.40. The summed E-state index contributed by atoms with van der Waals surface area (Å²) in [7, 11) is 2.07. The molecule has 1 aromatic heterocycles. The van der Waals surface area contributed by atoms with E-state index in [1.165, 1.54) is 32.4 Å². The van der Waals surface area contributed by atoms with E-state index in [-0.39, 0.29) is 0 Å². The minimum absolute atomic E-state index is 0.402. The van der Waals surface area contributed by atoms with Crippen molar-refractivity contribution in [3.8, 4) is 0 Å². The Balaban J connectivity index is 1.65. The number of likely N-dealkylation sites (N-methyl/N-ethyl adjacent to an activating group) is 1. The number of piperidine rings is 1. The summed E-state index contributed by atoms with van der Waals surface area (Å²) in [5.74, 6) is 0.634. The summed E-state index contributed by atoms with van der Waals surface area (Å²) in [6.45, 7) is 6.27. The second-order valence-electron chi connectivity index (χ2n) is 6.58. The first-order chi connectivity index (χ1) is 10.6. The van der Waals surface area contributed by atoms with Gasteiger partial charge in [0.2, 0.25) is 0 Å². The Morgan fingerprint density at radius 1 is 1.18 bits per heavy atom. The van der Waals surface area contributed by atoms with E-state index in [2.05, 4.69) is 26.4 Å². The summed E-state index contributed by atoms with van der Waals surface area (Å²) in [5, 5.41) is 0. The van der Waals surface area contributed by atoms with Crippen molar-refractivity contribution in [2.24, 2.45) is 5.73 Å². The third kappa shape index (κ3) is 3.33. The van der Waals surface area contributed by atoms with Crippen LogP contribution in [0.2, 0.25) is 0 Å². The first-order valence-corrected chi connectivity index (χ1v) is 8.44. The lowest BCUT2D eigenvalue weighted by molar-refractivity contribution is 0.0993. The van der Waals surface area contributed by atoms with E-state index < -0.39 is 5.91 Å². The van der Waals surface area contributed by atoms with Crippen LogP contribution in [0.15, 0.2) is 0 Å². The molecule has 0 bridgehead atoms. The molecule has 2 aliphatic rings. The van der Waals surface area contributed by atoms with Gasteiger partial charge >= 0.3 is 0 Å². The molecule has 1 fully saturated rings. The van der Waals surface area contributed by atoms with Crippen LogP contribution in [0.4, 0.5) is 0 Å². The Kier molecular flexibility index (Phi) is 4.78. The highest BCUT2D eigenvalue weighted by Crippen LogP contribution is 2.19. The lowest BCUT2D eigenvalue weighted by Crippen LogP contribution is -2.32. The number of rotatable bonds is 5. The van der Waals surface area contributed by atoms with Crippen molar-refractivity contribution in [1.82, 2.24) is 19.4 Å². The average Bonchev–Trinajstić information content (AvgIpc) is 2.86. The highest BCUT2D eigenvalue weighted by atomic mass is 16.1. The van der Waals surface area contributed by atoms with Crippen molar-refractivity contribution in [3.05, 3.63) is 17.2 Å². The molecule has 6 heteroatoms. The lowest BCUT2D eigenvalue weighted by Gasteiger charge is -2.27. The van der Waals surface area contributed by atoms with E-state index in [1.54, 1.807) is 0 Å². The third-order valence-corrected chi connectivity index (χ3v) is 4.83. The molecule has 22 heavy (non-hydrogen) atoms. The number of aromatic nitrogens is 2. The van der Waals surface area contributed by atoms with Crippen LogP contribution < -0.4 is 5.73 Å². The summed E-state index contributed by atoms with van der Waals surface area (Å²) in [6.07, 6.45) is 6.07. The molecule has 1 saturated heterocycles. The predicted molar refractivity (Wildman–Crippen MR) is 85.7 cm³/mol. The molecular formula is C16H27N5O. The fraction of sp³-hybridized carbons (Fsp3) is 0.750. The SMILES string of the molecule is CN1CCn2c(CCCN3CCCCC3)nc(C(N)=O)c2C1. The minimum Gasteiger partial charge on any atom is -0.364 e. The Morgan fingerprint density at radius 2 is 1.95 bits per heavy atom. The number of nitrogens with zero attached hydrogens (tertiary/aromatic N) is 4. The maximum absolute atomic E-state index is 11.6. The second kappa shape index (κ2) is 6.79. The predicted octanol–water partition coefficient (Wildman–Crippen LogP) is 0.846. The van der Waals surface area contributed by atoms with E-state index in [9.17, 15) is 4.79 Å².